The highest BCUT2D eigenvalue weighted by Crippen LogP contribution is 2.24. The Kier molecular flexibility index (Phi) is 4.62. The fourth-order valence-electron chi connectivity index (χ4n) is 3.05. The fraction of sp³-hybridized carbons (Fsp3) is 1.00. The van der Waals surface area contributed by atoms with Crippen LogP contribution in [0.15, 0.2) is 0 Å². The van der Waals surface area contributed by atoms with E-state index < -0.39 is 0 Å². The highest BCUT2D eigenvalue weighted by Gasteiger charge is 2.28. The van der Waals surface area contributed by atoms with Crippen LogP contribution in [0.3, 0.4) is 0 Å². The van der Waals surface area contributed by atoms with Gasteiger partial charge in [-0.15, -0.1) is 0 Å². The third kappa shape index (κ3) is 3.19. The first-order chi connectivity index (χ1) is 7.77. The summed E-state index contributed by atoms with van der Waals surface area (Å²) >= 11 is 0. The maximum absolute atomic E-state index is 9.81. The van der Waals surface area contributed by atoms with Gasteiger partial charge in [-0.05, 0) is 45.1 Å². The highest BCUT2D eigenvalue weighted by molar-refractivity contribution is 4.82. The van der Waals surface area contributed by atoms with Crippen LogP contribution in [0, 0.1) is 5.92 Å². The number of hydrogen-bond donors (Lipinski definition) is 1. The summed E-state index contributed by atoms with van der Waals surface area (Å²) in [5, 5.41) is 9.81. The quantitative estimate of drug-likeness (QED) is 0.795. The molecule has 16 heavy (non-hydrogen) atoms. The van der Waals surface area contributed by atoms with Gasteiger partial charge in [0.15, 0.2) is 0 Å². The summed E-state index contributed by atoms with van der Waals surface area (Å²) in [7, 11) is 0. The van der Waals surface area contributed by atoms with E-state index in [0.717, 1.165) is 19.1 Å². The molecule has 0 amide bonds. The first-order valence-corrected chi connectivity index (χ1v) is 6.77. The van der Waals surface area contributed by atoms with Crippen molar-refractivity contribution >= 4 is 0 Å². The van der Waals surface area contributed by atoms with Crippen molar-refractivity contribution in [2.75, 3.05) is 26.3 Å². The Hall–Kier alpha value is -0.120. The number of likely N-dealkylation sites (tertiary alicyclic amines) is 1. The third-order valence-corrected chi connectivity index (χ3v) is 4.05. The Morgan fingerprint density at radius 1 is 1.25 bits per heavy atom. The van der Waals surface area contributed by atoms with Crippen molar-refractivity contribution in [2.45, 2.75) is 51.2 Å². The normalized spacial score (nSPS) is 31.5. The van der Waals surface area contributed by atoms with Crippen LogP contribution in [0.25, 0.3) is 0 Å². The van der Waals surface area contributed by atoms with E-state index in [1.54, 1.807) is 0 Å². The van der Waals surface area contributed by atoms with Crippen molar-refractivity contribution in [2.24, 2.45) is 5.92 Å². The van der Waals surface area contributed by atoms with Crippen LogP contribution in [0.4, 0.5) is 0 Å². The molecule has 2 saturated heterocycles. The van der Waals surface area contributed by atoms with E-state index in [1.165, 1.54) is 45.2 Å². The van der Waals surface area contributed by atoms with Crippen LogP contribution in [-0.4, -0.2) is 48.5 Å². The molecule has 2 atom stereocenters. The van der Waals surface area contributed by atoms with Crippen LogP contribution in [-0.2, 0) is 4.74 Å². The molecule has 0 bridgehead atoms. The highest BCUT2D eigenvalue weighted by atomic mass is 16.5. The van der Waals surface area contributed by atoms with E-state index in [4.69, 9.17) is 4.74 Å². The van der Waals surface area contributed by atoms with E-state index in [1.807, 2.05) is 6.92 Å². The van der Waals surface area contributed by atoms with Crippen molar-refractivity contribution in [3.8, 4) is 0 Å². The molecule has 0 saturated carbocycles. The Labute approximate surface area is 98.8 Å². The van der Waals surface area contributed by atoms with Gasteiger partial charge in [-0.3, -0.25) is 4.90 Å². The lowest BCUT2D eigenvalue weighted by Gasteiger charge is -2.40. The third-order valence-electron chi connectivity index (χ3n) is 4.05. The van der Waals surface area contributed by atoms with E-state index in [2.05, 4.69) is 4.90 Å². The standard InChI is InChI=1S/C13H25NO2/c1-11(15)13-4-2-3-7-14(13)10-12-5-8-16-9-6-12/h11-13,15H,2-10H2,1H3. The van der Waals surface area contributed by atoms with E-state index >= 15 is 0 Å². The van der Waals surface area contributed by atoms with E-state index in [0.29, 0.717) is 6.04 Å². The maximum Gasteiger partial charge on any atom is 0.0667 e. The van der Waals surface area contributed by atoms with Gasteiger partial charge in [-0.1, -0.05) is 6.42 Å². The molecule has 2 heterocycles. The summed E-state index contributed by atoms with van der Waals surface area (Å²) < 4.78 is 5.40. The van der Waals surface area contributed by atoms with Crippen LogP contribution in [0.5, 0.6) is 0 Å². The van der Waals surface area contributed by atoms with Gasteiger partial charge in [-0.25, -0.2) is 0 Å². The molecule has 0 spiro atoms. The van der Waals surface area contributed by atoms with E-state index in [9.17, 15) is 5.11 Å². The average Bonchev–Trinajstić information content (AvgIpc) is 2.31. The Bertz CT molecular complexity index is 202. The largest absolute Gasteiger partial charge is 0.392 e. The molecule has 2 aliphatic rings. The van der Waals surface area contributed by atoms with Gasteiger partial charge in [0.2, 0.25) is 0 Å². The van der Waals surface area contributed by atoms with Crippen LogP contribution in [0.1, 0.15) is 39.0 Å². The molecule has 2 fully saturated rings. The number of aliphatic hydroxyl groups excluding tert-OH is 1. The van der Waals surface area contributed by atoms with Crippen LogP contribution in [0.2, 0.25) is 0 Å². The van der Waals surface area contributed by atoms with Gasteiger partial charge in [-0.2, -0.15) is 0 Å². The van der Waals surface area contributed by atoms with Crippen molar-refractivity contribution in [3.63, 3.8) is 0 Å². The molecule has 3 heteroatoms. The monoisotopic (exact) mass is 227 g/mol. The second kappa shape index (κ2) is 5.99. The van der Waals surface area contributed by atoms with Crippen LogP contribution >= 0.6 is 0 Å². The van der Waals surface area contributed by atoms with E-state index in [-0.39, 0.29) is 6.10 Å². The van der Waals surface area contributed by atoms with Gasteiger partial charge in [0, 0.05) is 25.8 Å². The van der Waals surface area contributed by atoms with Gasteiger partial charge in [0.05, 0.1) is 6.10 Å². The number of ether oxygens (including phenoxy) is 1. The molecular weight excluding hydrogens is 202 g/mol. The first kappa shape index (κ1) is 12.3. The second-order valence-corrected chi connectivity index (χ2v) is 5.35. The number of piperidine rings is 1. The summed E-state index contributed by atoms with van der Waals surface area (Å²) in [5.74, 6) is 0.785. The zero-order valence-corrected chi connectivity index (χ0v) is 10.4. The molecule has 2 rings (SSSR count). The number of nitrogens with zero attached hydrogens (tertiary/aromatic N) is 1. The lowest BCUT2D eigenvalue weighted by molar-refractivity contribution is 0.00459. The number of rotatable bonds is 3. The number of aliphatic hydroxyl groups is 1. The fourth-order valence-corrected chi connectivity index (χ4v) is 3.05. The average molecular weight is 227 g/mol. The summed E-state index contributed by atoms with van der Waals surface area (Å²) in [6.07, 6.45) is 5.96. The van der Waals surface area contributed by atoms with Gasteiger partial charge < -0.3 is 9.84 Å². The lowest BCUT2D eigenvalue weighted by Crippen LogP contribution is -2.48. The zero-order valence-electron chi connectivity index (χ0n) is 10.4. The molecular formula is C13H25NO2. The Morgan fingerprint density at radius 2 is 2.00 bits per heavy atom. The predicted molar refractivity (Wildman–Crippen MR) is 64.4 cm³/mol. The van der Waals surface area contributed by atoms with Crippen molar-refractivity contribution < 1.29 is 9.84 Å². The minimum atomic E-state index is -0.180. The van der Waals surface area contributed by atoms with Crippen LogP contribution < -0.4 is 0 Å². The van der Waals surface area contributed by atoms with Crippen molar-refractivity contribution in [1.82, 2.24) is 4.90 Å². The molecule has 0 aromatic rings. The molecule has 2 aliphatic heterocycles. The molecule has 1 N–H and O–H groups in total. The molecule has 0 aromatic heterocycles. The minimum absolute atomic E-state index is 0.180. The molecule has 0 aromatic carbocycles. The van der Waals surface area contributed by atoms with Gasteiger partial charge in [0.25, 0.3) is 0 Å². The second-order valence-electron chi connectivity index (χ2n) is 5.35. The molecule has 0 radical (unpaired) electrons. The zero-order chi connectivity index (χ0) is 11.4. The van der Waals surface area contributed by atoms with Crippen molar-refractivity contribution in [1.29, 1.82) is 0 Å². The molecule has 2 unspecified atom stereocenters. The molecule has 3 nitrogen and oxygen atoms in total. The predicted octanol–water partition coefficient (Wildman–Crippen LogP) is 1.65. The smallest absolute Gasteiger partial charge is 0.0667 e. The summed E-state index contributed by atoms with van der Waals surface area (Å²) in [4.78, 5) is 2.52. The summed E-state index contributed by atoms with van der Waals surface area (Å²) in [6, 6.07) is 0.400. The topological polar surface area (TPSA) is 32.7 Å². The summed E-state index contributed by atoms with van der Waals surface area (Å²) in [6.45, 7) is 6.13. The van der Waals surface area contributed by atoms with Gasteiger partial charge >= 0.3 is 0 Å². The maximum atomic E-state index is 9.81. The molecule has 94 valence electrons. The minimum Gasteiger partial charge on any atom is -0.392 e. The first-order valence-electron chi connectivity index (χ1n) is 6.77. The van der Waals surface area contributed by atoms with Gasteiger partial charge in [0.1, 0.15) is 0 Å². The number of hydrogen-bond acceptors (Lipinski definition) is 3. The summed E-state index contributed by atoms with van der Waals surface area (Å²) in [5.41, 5.74) is 0. The van der Waals surface area contributed by atoms with Crippen molar-refractivity contribution in [3.05, 3.63) is 0 Å². The lowest BCUT2D eigenvalue weighted by atomic mass is 9.93. The SMILES string of the molecule is CC(O)C1CCCCN1CC1CCOCC1. The Balaban J connectivity index is 1.85. The molecule has 0 aliphatic carbocycles. The Morgan fingerprint density at radius 3 is 2.69 bits per heavy atom.